The first-order valence-electron chi connectivity index (χ1n) is 5.70. The van der Waals surface area contributed by atoms with E-state index in [4.69, 9.17) is 0 Å². The van der Waals surface area contributed by atoms with Crippen molar-refractivity contribution in [3.05, 3.63) is 35.9 Å². The molecule has 17 heavy (non-hydrogen) atoms. The van der Waals surface area contributed by atoms with E-state index >= 15 is 0 Å². The number of nitrogens with zero attached hydrogens (tertiary/aromatic N) is 1. The molecular formula is C13H17NO2S. The molecule has 1 heterocycles. The molecule has 92 valence electrons. The summed E-state index contributed by atoms with van der Waals surface area (Å²) < 4.78 is 13.9. The number of rotatable bonds is 1. The summed E-state index contributed by atoms with van der Waals surface area (Å²) in [6.07, 6.45) is 0.341. The first-order valence-corrected chi connectivity index (χ1v) is 6.87. The summed E-state index contributed by atoms with van der Waals surface area (Å²) in [4.78, 5) is 11.9. The van der Waals surface area contributed by atoms with Crippen molar-refractivity contribution in [1.29, 1.82) is 0 Å². The highest BCUT2D eigenvalue weighted by molar-refractivity contribution is 7.84. The van der Waals surface area contributed by atoms with E-state index in [9.17, 15) is 9.00 Å². The molecule has 2 rings (SSSR count). The second-order valence-corrected chi connectivity index (χ2v) is 6.73. The van der Waals surface area contributed by atoms with Gasteiger partial charge in [-0.2, -0.15) is 0 Å². The Balaban J connectivity index is 2.31. The van der Waals surface area contributed by atoms with Crippen LogP contribution in [0.5, 0.6) is 0 Å². The van der Waals surface area contributed by atoms with E-state index in [1.807, 2.05) is 51.1 Å². The molecule has 1 aliphatic rings. The minimum Gasteiger partial charge on any atom is -0.274 e. The summed E-state index contributed by atoms with van der Waals surface area (Å²) in [5, 5.41) is -0.192. The highest BCUT2D eigenvalue weighted by Crippen LogP contribution is 2.36. The Labute approximate surface area is 104 Å². The van der Waals surface area contributed by atoms with Crippen molar-refractivity contribution >= 4 is 16.9 Å². The molecule has 0 spiro atoms. The van der Waals surface area contributed by atoms with Crippen LogP contribution in [0, 0.1) is 0 Å². The molecule has 0 N–H and O–H groups in total. The van der Waals surface area contributed by atoms with Crippen LogP contribution in [-0.4, -0.2) is 20.0 Å². The fraction of sp³-hybridized carbons (Fsp3) is 0.462. The van der Waals surface area contributed by atoms with Crippen LogP contribution in [0.3, 0.4) is 0 Å². The van der Waals surface area contributed by atoms with E-state index < -0.39 is 11.0 Å². The standard InChI is InChI=1S/C13H17NO2S/c1-13(2,3)14-12(15)9-11(17(14)16)10-7-5-4-6-8-10/h4-8,11H,9H2,1-3H3/t11-,17+/m0/s1. The van der Waals surface area contributed by atoms with Crippen LogP contribution >= 0.6 is 0 Å². The molecule has 1 aromatic carbocycles. The molecule has 1 amide bonds. The van der Waals surface area contributed by atoms with Crippen molar-refractivity contribution in [2.24, 2.45) is 0 Å². The molecule has 0 unspecified atom stereocenters. The zero-order chi connectivity index (χ0) is 12.6. The Bertz CT molecular complexity index is 450. The highest BCUT2D eigenvalue weighted by atomic mass is 32.2. The summed E-state index contributed by atoms with van der Waals surface area (Å²) >= 11 is 0. The second kappa shape index (κ2) is 4.26. The minimum absolute atomic E-state index is 0.0234. The maximum Gasteiger partial charge on any atom is 0.236 e. The monoisotopic (exact) mass is 251 g/mol. The molecule has 4 heteroatoms. The normalized spacial score (nSPS) is 25.4. The van der Waals surface area contributed by atoms with Gasteiger partial charge in [-0.05, 0) is 26.3 Å². The van der Waals surface area contributed by atoms with Gasteiger partial charge in [0.25, 0.3) is 0 Å². The maximum absolute atomic E-state index is 12.4. The van der Waals surface area contributed by atoms with Crippen molar-refractivity contribution in [3.63, 3.8) is 0 Å². The van der Waals surface area contributed by atoms with Crippen molar-refractivity contribution in [1.82, 2.24) is 4.31 Å². The molecule has 2 atom stereocenters. The third-order valence-corrected chi connectivity index (χ3v) is 4.83. The molecular weight excluding hydrogens is 234 g/mol. The summed E-state index contributed by atoms with van der Waals surface area (Å²) in [6, 6.07) is 9.61. The van der Waals surface area contributed by atoms with E-state index in [-0.39, 0.29) is 16.7 Å². The molecule has 0 bridgehead atoms. The van der Waals surface area contributed by atoms with E-state index in [2.05, 4.69) is 0 Å². The summed E-state index contributed by atoms with van der Waals surface area (Å²) in [5.41, 5.74) is 0.594. The second-order valence-electron chi connectivity index (χ2n) is 5.24. The fourth-order valence-corrected chi connectivity index (χ4v) is 3.83. The number of carbonyl (C=O) groups is 1. The summed E-state index contributed by atoms with van der Waals surface area (Å²) in [5.74, 6) is -0.0234. The summed E-state index contributed by atoms with van der Waals surface area (Å²) in [7, 11) is -1.27. The average Bonchev–Trinajstić information content (AvgIpc) is 2.54. The van der Waals surface area contributed by atoms with Crippen LogP contribution in [0.15, 0.2) is 30.3 Å². The van der Waals surface area contributed by atoms with Gasteiger partial charge >= 0.3 is 0 Å². The molecule has 1 aromatic rings. The SMILES string of the molecule is CC(C)(C)N1C(=O)C[C@@H](c2ccccc2)[S@]1=O. The van der Waals surface area contributed by atoms with Crippen LogP contribution in [0.1, 0.15) is 38.0 Å². The van der Waals surface area contributed by atoms with Gasteiger partial charge in [-0.25, -0.2) is 4.21 Å². The Kier molecular flexibility index (Phi) is 3.08. The first-order chi connectivity index (χ1) is 7.91. The topological polar surface area (TPSA) is 37.4 Å². The third-order valence-electron chi connectivity index (χ3n) is 2.79. The lowest BCUT2D eigenvalue weighted by atomic mass is 10.1. The number of benzene rings is 1. The average molecular weight is 251 g/mol. The molecule has 0 saturated carbocycles. The zero-order valence-electron chi connectivity index (χ0n) is 10.3. The minimum atomic E-state index is -1.27. The van der Waals surface area contributed by atoms with Gasteiger partial charge in [-0.3, -0.25) is 9.10 Å². The molecule has 0 aliphatic carbocycles. The molecule has 1 saturated heterocycles. The van der Waals surface area contributed by atoms with Gasteiger partial charge in [0.15, 0.2) is 0 Å². The van der Waals surface area contributed by atoms with E-state index in [1.165, 1.54) is 4.31 Å². The van der Waals surface area contributed by atoms with E-state index in [0.717, 1.165) is 5.56 Å². The van der Waals surface area contributed by atoms with Crippen molar-refractivity contribution in [2.75, 3.05) is 0 Å². The van der Waals surface area contributed by atoms with Gasteiger partial charge in [-0.1, -0.05) is 30.3 Å². The number of hydrogen-bond donors (Lipinski definition) is 0. The van der Waals surface area contributed by atoms with Crippen LogP contribution < -0.4 is 0 Å². The van der Waals surface area contributed by atoms with Gasteiger partial charge < -0.3 is 0 Å². The van der Waals surface area contributed by atoms with Crippen LogP contribution in [0.2, 0.25) is 0 Å². The number of carbonyl (C=O) groups excluding carboxylic acids is 1. The Morgan fingerprint density at radius 1 is 1.24 bits per heavy atom. The van der Waals surface area contributed by atoms with Gasteiger partial charge in [0.2, 0.25) is 5.91 Å². The predicted octanol–water partition coefficient (Wildman–Crippen LogP) is 2.42. The van der Waals surface area contributed by atoms with Crippen LogP contribution in [0.25, 0.3) is 0 Å². The van der Waals surface area contributed by atoms with Crippen molar-refractivity contribution in [2.45, 2.75) is 38.0 Å². The van der Waals surface area contributed by atoms with Gasteiger partial charge in [0.1, 0.15) is 11.0 Å². The molecule has 1 aliphatic heterocycles. The van der Waals surface area contributed by atoms with Gasteiger partial charge in [0.05, 0.1) is 5.25 Å². The van der Waals surface area contributed by atoms with E-state index in [0.29, 0.717) is 6.42 Å². The third kappa shape index (κ3) is 2.27. The Hall–Kier alpha value is -1.16. The lowest BCUT2D eigenvalue weighted by Crippen LogP contribution is -2.42. The van der Waals surface area contributed by atoms with Crippen LogP contribution in [-0.2, 0) is 15.8 Å². The lowest BCUT2D eigenvalue weighted by molar-refractivity contribution is -0.127. The van der Waals surface area contributed by atoms with E-state index in [1.54, 1.807) is 0 Å². The quantitative estimate of drug-likeness (QED) is 0.768. The lowest BCUT2D eigenvalue weighted by Gasteiger charge is -2.30. The molecule has 0 aromatic heterocycles. The largest absolute Gasteiger partial charge is 0.274 e. The molecule has 0 radical (unpaired) electrons. The smallest absolute Gasteiger partial charge is 0.236 e. The Morgan fingerprint density at radius 2 is 1.82 bits per heavy atom. The molecule has 3 nitrogen and oxygen atoms in total. The number of hydrogen-bond acceptors (Lipinski definition) is 2. The van der Waals surface area contributed by atoms with Gasteiger partial charge in [0, 0.05) is 12.0 Å². The van der Waals surface area contributed by atoms with Crippen LogP contribution in [0.4, 0.5) is 0 Å². The van der Waals surface area contributed by atoms with Crippen molar-refractivity contribution in [3.8, 4) is 0 Å². The highest BCUT2D eigenvalue weighted by Gasteiger charge is 2.43. The number of amides is 1. The predicted molar refractivity (Wildman–Crippen MR) is 68.5 cm³/mol. The Morgan fingerprint density at radius 3 is 2.29 bits per heavy atom. The fourth-order valence-electron chi connectivity index (χ4n) is 2.09. The van der Waals surface area contributed by atoms with Crippen molar-refractivity contribution < 1.29 is 9.00 Å². The zero-order valence-corrected chi connectivity index (χ0v) is 11.2. The van der Waals surface area contributed by atoms with Gasteiger partial charge in [-0.15, -0.1) is 0 Å². The first kappa shape index (κ1) is 12.3. The maximum atomic E-state index is 12.4. The molecule has 1 fully saturated rings. The summed E-state index contributed by atoms with van der Waals surface area (Å²) in [6.45, 7) is 5.74.